The molecule has 0 aliphatic rings. The zero-order valence-electron chi connectivity index (χ0n) is 13.6. The van der Waals surface area contributed by atoms with Crippen LogP contribution in [-0.2, 0) is 9.53 Å². The van der Waals surface area contributed by atoms with Crippen molar-refractivity contribution in [2.45, 2.75) is 39.3 Å². The first-order valence-corrected chi connectivity index (χ1v) is 7.44. The van der Waals surface area contributed by atoms with Gasteiger partial charge in [-0.05, 0) is 27.7 Å². The number of aldehydes is 1. The van der Waals surface area contributed by atoms with Crippen molar-refractivity contribution in [1.82, 2.24) is 9.88 Å². The molecule has 0 saturated carbocycles. The molecule has 6 nitrogen and oxygen atoms in total. The Bertz CT molecular complexity index is 520. The van der Waals surface area contributed by atoms with Crippen LogP contribution in [0.1, 0.15) is 37.4 Å². The predicted molar refractivity (Wildman–Crippen MR) is 84.0 cm³/mol. The van der Waals surface area contributed by atoms with Crippen LogP contribution in [0.4, 0.5) is 9.93 Å². The molecule has 0 N–H and O–H groups in total. The Labute approximate surface area is 129 Å². The van der Waals surface area contributed by atoms with Gasteiger partial charge in [-0.3, -0.25) is 4.90 Å². The van der Waals surface area contributed by atoms with Gasteiger partial charge in [0.2, 0.25) is 0 Å². The van der Waals surface area contributed by atoms with Crippen LogP contribution in [0.15, 0.2) is 0 Å². The van der Waals surface area contributed by atoms with Gasteiger partial charge in [-0.25, -0.2) is 9.78 Å². The van der Waals surface area contributed by atoms with Crippen molar-refractivity contribution < 1.29 is 14.3 Å². The molecular formula is C14H23N3O3S. The maximum atomic E-state index is 12.1. The number of aromatic nitrogens is 1. The SMILES string of the molecule is Cc1nc(N(C)C)sc1C(C=O)N(C)C(=O)OC(C)(C)C. The molecule has 21 heavy (non-hydrogen) atoms. The molecule has 0 spiro atoms. The molecule has 1 atom stereocenters. The van der Waals surface area contributed by atoms with Crippen LogP contribution < -0.4 is 4.90 Å². The molecule has 7 heteroatoms. The van der Waals surface area contributed by atoms with Crippen molar-refractivity contribution in [2.75, 3.05) is 26.0 Å². The molecule has 0 radical (unpaired) electrons. The van der Waals surface area contributed by atoms with Gasteiger partial charge in [0, 0.05) is 21.1 Å². The Hall–Kier alpha value is -1.63. The molecule has 1 unspecified atom stereocenters. The van der Waals surface area contributed by atoms with Crippen LogP contribution in [-0.4, -0.2) is 49.0 Å². The van der Waals surface area contributed by atoms with Crippen molar-refractivity contribution in [1.29, 1.82) is 0 Å². The Kier molecular flexibility index (Phi) is 5.33. The minimum atomic E-state index is -0.689. The second-order valence-corrected chi connectivity index (χ2v) is 7.02. The van der Waals surface area contributed by atoms with Gasteiger partial charge >= 0.3 is 6.09 Å². The van der Waals surface area contributed by atoms with E-state index in [1.165, 1.54) is 16.2 Å². The van der Waals surface area contributed by atoms with Crippen molar-refractivity contribution in [3.63, 3.8) is 0 Å². The van der Waals surface area contributed by atoms with Gasteiger partial charge < -0.3 is 14.4 Å². The molecule has 118 valence electrons. The Morgan fingerprint density at radius 3 is 2.29 bits per heavy atom. The van der Waals surface area contributed by atoms with Gasteiger partial charge in [0.05, 0.1) is 10.6 Å². The summed E-state index contributed by atoms with van der Waals surface area (Å²) in [6.45, 7) is 7.20. The zero-order chi connectivity index (χ0) is 16.4. The highest BCUT2D eigenvalue weighted by atomic mass is 32.1. The molecule has 1 heterocycles. The first-order valence-electron chi connectivity index (χ1n) is 6.62. The lowest BCUT2D eigenvalue weighted by Gasteiger charge is -2.27. The normalized spacial score (nSPS) is 12.7. The molecule has 1 rings (SSSR count). The summed E-state index contributed by atoms with van der Waals surface area (Å²) in [6, 6.07) is -0.689. The van der Waals surface area contributed by atoms with E-state index in [2.05, 4.69) is 4.98 Å². The molecule has 0 saturated heterocycles. The third kappa shape index (κ3) is 4.42. The van der Waals surface area contributed by atoms with E-state index in [1.807, 2.05) is 25.9 Å². The van der Waals surface area contributed by atoms with E-state index in [1.54, 1.807) is 27.8 Å². The van der Waals surface area contributed by atoms with Crippen LogP contribution in [0.25, 0.3) is 0 Å². The molecule has 1 amide bonds. The summed E-state index contributed by atoms with van der Waals surface area (Å²) < 4.78 is 5.30. The minimum Gasteiger partial charge on any atom is -0.444 e. The molecule has 0 aliphatic carbocycles. The lowest BCUT2D eigenvalue weighted by atomic mass is 10.2. The summed E-state index contributed by atoms with van der Waals surface area (Å²) in [4.78, 5) is 31.9. The number of amides is 1. The number of thiazole rings is 1. The van der Waals surface area contributed by atoms with Gasteiger partial charge in [0.25, 0.3) is 0 Å². The highest BCUT2D eigenvalue weighted by Crippen LogP contribution is 2.32. The second-order valence-electron chi connectivity index (χ2n) is 6.01. The van der Waals surface area contributed by atoms with E-state index >= 15 is 0 Å². The van der Waals surface area contributed by atoms with Gasteiger partial charge in [-0.1, -0.05) is 11.3 Å². The van der Waals surface area contributed by atoms with Crippen molar-refractivity contribution >= 4 is 28.8 Å². The summed E-state index contributed by atoms with van der Waals surface area (Å²) in [7, 11) is 5.33. The van der Waals surface area contributed by atoms with E-state index in [0.717, 1.165) is 22.0 Å². The highest BCUT2D eigenvalue weighted by molar-refractivity contribution is 7.15. The third-order valence-electron chi connectivity index (χ3n) is 2.70. The Morgan fingerprint density at radius 1 is 1.33 bits per heavy atom. The van der Waals surface area contributed by atoms with E-state index < -0.39 is 17.7 Å². The van der Waals surface area contributed by atoms with E-state index in [-0.39, 0.29) is 0 Å². The number of rotatable bonds is 4. The Morgan fingerprint density at radius 2 is 1.90 bits per heavy atom. The standard InChI is InChI=1S/C14H23N3O3S/c1-9-11(21-12(15-9)16(5)6)10(8-18)17(7)13(19)20-14(2,3)4/h8,10H,1-7H3. The van der Waals surface area contributed by atoms with Crippen molar-refractivity contribution in [3.05, 3.63) is 10.6 Å². The maximum Gasteiger partial charge on any atom is 0.410 e. The van der Waals surface area contributed by atoms with E-state index in [0.29, 0.717) is 0 Å². The molecule has 0 aliphatic heterocycles. The lowest BCUT2D eigenvalue weighted by Crippen LogP contribution is -2.37. The molecular weight excluding hydrogens is 290 g/mol. The number of carbonyl (C=O) groups is 2. The summed E-state index contributed by atoms with van der Waals surface area (Å²) in [6.07, 6.45) is 0.211. The first kappa shape index (κ1) is 17.4. The van der Waals surface area contributed by atoms with Gasteiger partial charge in [0.1, 0.15) is 17.9 Å². The van der Waals surface area contributed by atoms with E-state index in [9.17, 15) is 9.59 Å². The number of hydrogen-bond acceptors (Lipinski definition) is 6. The number of anilines is 1. The Balaban J connectivity index is 3.02. The topological polar surface area (TPSA) is 62.7 Å². The molecule has 1 aromatic rings. The van der Waals surface area contributed by atoms with Crippen LogP contribution in [0.5, 0.6) is 0 Å². The van der Waals surface area contributed by atoms with Crippen LogP contribution in [0.3, 0.4) is 0 Å². The maximum absolute atomic E-state index is 12.1. The van der Waals surface area contributed by atoms with Crippen molar-refractivity contribution in [2.24, 2.45) is 0 Å². The van der Waals surface area contributed by atoms with Gasteiger partial charge in [-0.15, -0.1) is 0 Å². The summed E-state index contributed by atoms with van der Waals surface area (Å²) in [5, 5.41) is 0.798. The van der Waals surface area contributed by atoms with Crippen LogP contribution in [0, 0.1) is 6.92 Å². The third-order valence-corrected chi connectivity index (χ3v) is 4.10. The zero-order valence-corrected chi connectivity index (χ0v) is 14.4. The number of nitrogens with zero attached hydrogens (tertiary/aromatic N) is 3. The summed E-state index contributed by atoms with van der Waals surface area (Å²) in [5.41, 5.74) is 0.146. The fourth-order valence-electron chi connectivity index (χ4n) is 1.64. The predicted octanol–water partition coefficient (Wildman–Crippen LogP) is 2.62. The van der Waals surface area contributed by atoms with Crippen LogP contribution >= 0.6 is 11.3 Å². The fraction of sp³-hybridized carbons (Fsp3) is 0.643. The minimum absolute atomic E-state index is 0.529. The summed E-state index contributed by atoms with van der Waals surface area (Å²) in [5.74, 6) is 0. The number of likely N-dealkylation sites (N-methyl/N-ethyl adjacent to an activating group) is 1. The van der Waals surface area contributed by atoms with Crippen molar-refractivity contribution in [3.8, 4) is 0 Å². The average Bonchev–Trinajstić information content (AvgIpc) is 2.70. The number of ether oxygens (including phenoxy) is 1. The first-order chi connectivity index (χ1) is 9.56. The van der Waals surface area contributed by atoms with Crippen LogP contribution in [0.2, 0.25) is 0 Å². The second kappa shape index (κ2) is 6.43. The van der Waals surface area contributed by atoms with E-state index in [4.69, 9.17) is 4.74 Å². The molecule has 1 aromatic heterocycles. The molecule has 0 aromatic carbocycles. The number of hydrogen-bond donors (Lipinski definition) is 0. The highest BCUT2D eigenvalue weighted by Gasteiger charge is 2.29. The largest absolute Gasteiger partial charge is 0.444 e. The average molecular weight is 313 g/mol. The van der Waals surface area contributed by atoms with Gasteiger partial charge in [-0.2, -0.15) is 0 Å². The monoisotopic (exact) mass is 313 g/mol. The number of carbonyl (C=O) groups excluding carboxylic acids is 2. The quantitative estimate of drug-likeness (QED) is 0.800. The molecule has 0 bridgehead atoms. The number of aryl methyl sites for hydroxylation is 1. The smallest absolute Gasteiger partial charge is 0.410 e. The molecule has 0 fully saturated rings. The van der Waals surface area contributed by atoms with Gasteiger partial charge in [0.15, 0.2) is 5.13 Å². The fourth-order valence-corrected chi connectivity index (χ4v) is 2.73. The summed E-state index contributed by atoms with van der Waals surface area (Å²) >= 11 is 1.40. The lowest BCUT2D eigenvalue weighted by molar-refractivity contribution is -0.112.